The van der Waals surface area contributed by atoms with Crippen molar-refractivity contribution in [2.75, 3.05) is 5.32 Å². The largest absolute Gasteiger partial charge is 0.417 e. The number of nitrogens with one attached hydrogen (secondary N) is 1. The topological polar surface area (TPSA) is 42.0 Å². The third-order valence-corrected chi connectivity index (χ3v) is 2.16. The first-order valence-corrected chi connectivity index (χ1v) is 4.33. The normalized spacial score (nSPS) is 14.8. The van der Waals surface area contributed by atoms with E-state index in [-0.39, 0.29) is 30.4 Å². The number of aromatic nitrogens is 1. The van der Waals surface area contributed by atoms with Crippen molar-refractivity contribution in [1.29, 1.82) is 0 Å². The van der Waals surface area contributed by atoms with E-state index in [1.807, 2.05) is 0 Å². The molecule has 0 saturated carbocycles. The molecule has 0 unspecified atom stereocenters. The lowest BCUT2D eigenvalue weighted by Gasteiger charge is -2.17. The molecule has 88 valence electrons. The van der Waals surface area contributed by atoms with Gasteiger partial charge in [-0.25, -0.2) is 0 Å². The molecule has 2 heterocycles. The molecule has 0 spiro atoms. The van der Waals surface area contributed by atoms with Crippen LogP contribution in [-0.2, 0) is 17.4 Å². The van der Waals surface area contributed by atoms with Gasteiger partial charge < -0.3 is 5.32 Å². The molecule has 0 fully saturated rings. The van der Waals surface area contributed by atoms with Gasteiger partial charge in [0.25, 0.3) is 0 Å². The second-order valence-electron chi connectivity index (χ2n) is 3.26. The number of amides is 1. The summed E-state index contributed by atoms with van der Waals surface area (Å²) in [5.41, 5.74) is -0.174. The Bertz CT molecular complexity index is 420. The molecule has 0 aromatic carbocycles. The van der Waals surface area contributed by atoms with Gasteiger partial charge in [0.2, 0.25) is 5.91 Å². The number of carbonyl (C=O) groups excluding carboxylic acids is 1. The zero-order chi connectivity index (χ0) is 11.1. The lowest BCUT2D eigenvalue weighted by atomic mass is 10.1. The van der Waals surface area contributed by atoms with Gasteiger partial charge in [-0.15, -0.1) is 12.4 Å². The summed E-state index contributed by atoms with van der Waals surface area (Å²) < 4.78 is 36.9. The van der Waals surface area contributed by atoms with Crippen LogP contribution in [0, 0.1) is 0 Å². The van der Waals surface area contributed by atoms with Crippen molar-refractivity contribution in [1.82, 2.24) is 4.98 Å². The Hall–Kier alpha value is -1.30. The van der Waals surface area contributed by atoms with Crippen molar-refractivity contribution >= 4 is 24.0 Å². The fourth-order valence-electron chi connectivity index (χ4n) is 1.40. The van der Waals surface area contributed by atoms with Crippen LogP contribution >= 0.6 is 12.4 Å². The number of anilines is 1. The molecule has 1 aliphatic rings. The summed E-state index contributed by atoms with van der Waals surface area (Å²) in [4.78, 5) is 14.7. The zero-order valence-electron chi connectivity index (χ0n) is 7.97. The van der Waals surface area contributed by atoms with Crippen LogP contribution in [0.1, 0.15) is 17.7 Å². The first kappa shape index (κ1) is 12.8. The summed E-state index contributed by atoms with van der Waals surface area (Å²) in [6, 6.07) is 0.916. The van der Waals surface area contributed by atoms with E-state index in [2.05, 4.69) is 10.3 Å². The summed E-state index contributed by atoms with van der Waals surface area (Å²) in [6.07, 6.45) is -2.98. The summed E-state index contributed by atoms with van der Waals surface area (Å²) in [7, 11) is 0. The van der Waals surface area contributed by atoms with Gasteiger partial charge in [-0.1, -0.05) is 0 Å². The second kappa shape index (κ2) is 4.29. The number of halogens is 4. The summed E-state index contributed by atoms with van der Waals surface area (Å²) in [5, 5.41) is 2.37. The Labute approximate surface area is 95.5 Å². The van der Waals surface area contributed by atoms with Crippen molar-refractivity contribution in [3.8, 4) is 0 Å². The Morgan fingerprint density at radius 3 is 2.62 bits per heavy atom. The summed E-state index contributed by atoms with van der Waals surface area (Å²) in [5.74, 6) is -0.274. The van der Waals surface area contributed by atoms with Crippen molar-refractivity contribution < 1.29 is 18.0 Å². The predicted octanol–water partition coefficient (Wildman–Crippen LogP) is 2.41. The Balaban J connectivity index is 0.00000128. The maximum atomic E-state index is 12.3. The van der Waals surface area contributed by atoms with Crippen LogP contribution < -0.4 is 5.32 Å². The number of aryl methyl sites for hydroxylation is 1. The van der Waals surface area contributed by atoms with Gasteiger partial charge in [0.1, 0.15) is 0 Å². The number of hydrogen-bond donors (Lipinski definition) is 1. The monoisotopic (exact) mass is 252 g/mol. The number of fused-ring (bicyclic) bond motifs is 1. The quantitative estimate of drug-likeness (QED) is 0.770. The molecule has 0 bridgehead atoms. The van der Waals surface area contributed by atoms with E-state index in [0.717, 1.165) is 12.3 Å². The van der Waals surface area contributed by atoms with Gasteiger partial charge in [0, 0.05) is 19.0 Å². The van der Waals surface area contributed by atoms with E-state index in [1.165, 1.54) is 0 Å². The molecule has 1 aromatic rings. The number of pyridine rings is 1. The highest BCUT2D eigenvalue weighted by molar-refractivity contribution is 5.93. The first-order chi connectivity index (χ1) is 6.97. The summed E-state index contributed by atoms with van der Waals surface area (Å²) >= 11 is 0. The highest BCUT2D eigenvalue weighted by atomic mass is 35.5. The van der Waals surface area contributed by atoms with Crippen LogP contribution in [0.4, 0.5) is 18.9 Å². The minimum absolute atomic E-state index is 0. The van der Waals surface area contributed by atoms with Crippen molar-refractivity contribution in [3.05, 3.63) is 23.5 Å². The lowest BCUT2D eigenvalue weighted by molar-refractivity contribution is -0.137. The molecule has 1 aliphatic heterocycles. The Morgan fingerprint density at radius 2 is 2.00 bits per heavy atom. The van der Waals surface area contributed by atoms with Crippen LogP contribution in [0.5, 0.6) is 0 Å². The molecule has 16 heavy (non-hydrogen) atoms. The number of hydrogen-bond acceptors (Lipinski definition) is 2. The van der Waals surface area contributed by atoms with Gasteiger partial charge in [-0.2, -0.15) is 13.2 Å². The molecule has 0 atom stereocenters. The van der Waals surface area contributed by atoms with Gasteiger partial charge in [0.15, 0.2) is 0 Å². The Morgan fingerprint density at radius 1 is 1.31 bits per heavy atom. The van der Waals surface area contributed by atoms with Gasteiger partial charge >= 0.3 is 6.18 Å². The smallest absolute Gasteiger partial charge is 0.324 e. The molecule has 1 N–H and O–H groups in total. The van der Waals surface area contributed by atoms with Crippen molar-refractivity contribution in [3.63, 3.8) is 0 Å². The van der Waals surface area contributed by atoms with Crippen molar-refractivity contribution in [2.24, 2.45) is 0 Å². The first-order valence-electron chi connectivity index (χ1n) is 4.33. The number of alkyl halides is 3. The molecule has 0 radical (unpaired) electrons. The number of rotatable bonds is 0. The molecule has 0 aliphatic carbocycles. The van der Waals surface area contributed by atoms with Crippen LogP contribution in [-0.4, -0.2) is 10.9 Å². The van der Waals surface area contributed by atoms with E-state index in [9.17, 15) is 18.0 Å². The standard InChI is InChI=1S/C9H7F3N2O.ClH/c10-9(11,12)5-3-7-6(13-4-5)1-2-8(15)14-7;/h3-4H,1-2H2,(H,14,15);1H. The lowest BCUT2D eigenvalue weighted by Crippen LogP contribution is -2.21. The molecule has 2 rings (SSSR count). The molecule has 1 aromatic heterocycles. The maximum Gasteiger partial charge on any atom is 0.417 e. The second-order valence-corrected chi connectivity index (χ2v) is 3.26. The average molecular weight is 253 g/mol. The average Bonchev–Trinajstić information content (AvgIpc) is 2.15. The fourth-order valence-corrected chi connectivity index (χ4v) is 1.40. The van der Waals surface area contributed by atoms with Crippen LogP contribution in [0.3, 0.4) is 0 Å². The van der Waals surface area contributed by atoms with E-state index in [1.54, 1.807) is 0 Å². The molecule has 3 nitrogen and oxygen atoms in total. The number of carbonyl (C=O) groups is 1. The minimum atomic E-state index is -4.43. The highest BCUT2D eigenvalue weighted by Gasteiger charge is 2.32. The maximum absolute atomic E-state index is 12.3. The zero-order valence-corrected chi connectivity index (χ0v) is 8.78. The van der Waals surface area contributed by atoms with E-state index in [4.69, 9.17) is 0 Å². The van der Waals surface area contributed by atoms with E-state index in [0.29, 0.717) is 12.1 Å². The third-order valence-electron chi connectivity index (χ3n) is 2.16. The Kier molecular flexibility index (Phi) is 3.42. The van der Waals surface area contributed by atoms with Crippen LogP contribution in [0.2, 0.25) is 0 Å². The van der Waals surface area contributed by atoms with E-state index < -0.39 is 11.7 Å². The number of nitrogens with zero attached hydrogens (tertiary/aromatic N) is 1. The minimum Gasteiger partial charge on any atom is -0.324 e. The van der Waals surface area contributed by atoms with E-state index >= 15 is 0 Å². The molecule has 0 saturated heterocycles. The fraction of sp³-hybridized carbons (Fsp3) is 0.333. The SMILES string of the molecule is Cl.O=C1CCc2ncc(C(F)(F)F)cc2N1. The predicted molar refractivity (Wildman–Crippen MR) is 53.4 cm³/mol. The highest BCUT2D eigenvalue weighted by Crippen LogP contribution is 2.32. The summed E-state index contributed by atoms with van der Waals surface area (Å²) in [6.45, 7) is 0. The van der Waals surface area contributed by atoms with Crippen LogP contribution in [0.25, 0.3) is 0 Å². The van der Waals surface area contributed by atoms with Gasteiger partial charge in [-0.05, 0) is 6.07 Å². The molecule has 7 heteroatoms. The van der Waals surface area contributed by atoms with Crippen LogP contribution in [0.15, 0.2) is 12.3 Å². The molecular formula is C9H8ClF3N2O. The molecular weight excluding hydrogens is 245 g/mol. The third kappa shape index (κ3) is 2.44. The van der Waals surface area contributed by atoms with Crippen molar-refractivity contribution in [2.45, 2.75) is 19.0 Å². The van der Waals surface area contributed by atoms with Gasteiger partial charge in [-0.3, -0.25) is 9.78 Å². The molecule has 1 amide bonds. The van der Waals surface area contributed by atoms with Gasteiger partial charge in [0.05, 0.1) is 16.9 Å².